The number of pyridine rings is 1. The van der Waals surface area contributed by atoms with Gasteiger partial charge in [-0.2, -0.15) is 0 Å². The minimum atomic E-state index is -0.546. The number of hydrogen-bond acceptors (Lipinski definition) is 4. The van der Waals surface area contributed by atoms with E-state index in [1.54, 1.807) is 26.0 Å². The highest BCUT2D eigenvalue weighted by Crippen LogP contribution is 2.29. The minimum Gasteiger partial charge on any atom is -0.435 e. The number of ether oxygens (including phenoxy) is 1. The molecule has 0 aliphatic heterocycles. The highest BCUT2D eigenvalue weighted by Gasteiger charge is 2.17. The van der Waals surface area contributed by atoms with Crippen LogP contribution in [-0.4, -0.2) is 16.0 Å². The second-order valence-corrected chi connectivity index (χ2v) is 5.34. The van der Waals surface area contributed by atoms with Gasteiger partial charge in [0.05, 0.1) is 5.56 Å². The fourth-order valence-corrected chi connectivity index (χ4v) is 2.23. The van der Waals surface area contributed by atoms with Crippen LogP contribution in [0.3, 0.4) is 0 Å². The highest BCUT2D eigenvalue weighted by molar-refractivity contribution is 9.10. The van der Waals surface area contributed by atoms with E-state index in [9.17, 15) is 4.39 Å². The van der Waals surface area contributed by atoms with E-state index in [1.165, 1.54) is 12.1 Å². The van der Waals surface area contributed by atoms with Gasteiger partial charge in [0.1, 0.15) is 0 Å². The van der Waals surface area contributed by atoms with Crippen LogP contribution < -0.4 is 10.5 Å². The largest absolute Gasteiger partial charge is 0.435 e. The lowest BCUT2D eigenvalue weighted by molar-refractivity contribution is 0.318. The number of hydrogen-bond donors (Lipinski definition) is 2. The van der Waals surface area contributed by atoms with Crippen LogP contribution in [-0.2, 0) is 0 Å². The first-order valence-corrected chi connectivity index (χ1v) is 6.80. The molecule has 2 aromatic rings. The maximum absolute atomic E-state index is 13.9. The third-order valence-electron chi connectivity index (χ3n) is 2.78. The van der Waals surface area contributed by atoms with Crippen LogP contribution in [0.4, 0.5) is 4.39 Å². The SMILES string of the molecule is Cc1cc(C)c(/C(N)=N/O)c(Oc2ccc(Br)cc2F)n1. The summed E-state index contributed by atoms with van der Waals surface area (Å²) in [5, 5.41) is 11.8. The maximum Gasteiger partial charge on any atom is 0.231 e. The summed E-state index contributed by atoms with van der Waals surface area (Å²) in [6, 6.07) is 6.15. The zero-order valence-electron chi connectivity index (χ0n) is 11.4. The van der Waals surface area contributed by atoms with Crippen molar-refractivity contribution in [2.75, 3.05) is 0 Å². The number of oxime groups is 1. The van der Waals surface area contributed by atoms with Gasteiger partial charge >= 0.3 is 0 Å². The van der Waals surface area contributed by atoms with Crippen molar-refractivity contribution in [2.45, 2.75) is 13.8 Å². The zero-order chi connectivity index (χ0) is 15.6. The normalized spacial score (nSPS) is 11.5. The van der Waals surface area contributed by atoms with Crippen molar-refractivity contribution in [1.82, 2.24) is 4.98 Å². The Hall–Kier alpha value is -2.15. The number of aryl methyl sites for hydroxylation is 2. The second kappa shape index (κ2) is 6.09. The Bertz CT molecular complexity index is 720. The predicted octanol–water partition coefficient (Wildman–Crippen LogP) is 3.49. The summed E-state index contributed by atoms with van der Waals surface area (Å²) in [5.41, 5.74) is 7.35. The molecular formula is C14H13BrFN3O2. The van der Waals surface area contributed by atoms with E-state index in [2.05, 4.69) is 26.1 Å². The van der Waals surface area contributed by atoms with Crippen molar-refractivity contribution < 1.29 is 14.3 Å². The molecule has 1 heterocycles. The Labute approximate surface area is 129 Å². The van der Waals surface area contributed by atoms with Gasteiger partial charge in [-0.05, 0) is 43.7 Å². The van der Waals surface area contributed by atoms with Gasteiger partial charge < -0.3 is 15.7 Å². The summed E-state index contributed by atoms with van der Waals surface area (Å²) in [7, 11) is 0. The molecule has 3 N–H and O–H groups in total. The van der Waals surface area contributed by atoms with E-state index in [0.29, 0.717) is 21.3 Å². The molecule has 21 heavy (non-hydrogen) atoms. The van der Waals surface area contributed by atoms with Crippen molar-refractivity contribution in [3.8, 4) is 11.6 Å². The van der Waals surface area contributed by atoms with Crippen LogP contribution in [0.1, 0.15) is 16.8 Å². The lowest BCUT2D eigenvalue weighted by atomic mass is 10.1. The Morgan fingerprint density at radius 2 is 2.10 bits per heavy atom. The summed E-state index contributed by atoms with van der Waals surface area (Å²) >= 11 is 3.17. The summed E-state index contributed by atoms with van der Waals surface area (Å²) in [4.78, 5) is 4.19. The molecule has 7 heteroatoms. The third-order valence-corrected chi connectivity index (χ3v) is 3.27. The van der Waals surface area contributed by atoms with Crippen LogP contribution >= 0.6 is 15.9 Å². The standard InChI is InChI=1S/C14H13BrFN3O2/c1-7-5-8(2)18-14(12(7)13(17)19-20)21-11-4-3-9(15)6-10(11)16/h3-6,20H,1-2H3,(H2,17,19). The molecule has 0 amide bonds. The Kier molecular flexibility index (Phi) is 4.42. The predicted molar refractivity (Wildman–Crippen MR) is 80.4 cm³/mol. The number of amidine groups is 1. The first kappa shape index (κ1) is 15.2. The third kappa shape index (κ3) is 3.30. The topological polar surface area (TPSA) is 80.7 Å². The quantitative estimate of drug-likeness (QED) is 0.383. The Morgan fingerprint density at radius 3 is 2.71 bits per heavy atom. The number of benzene rings is 1. The van der Waals surface area contributed by atoms with Gasteiger partial charge in [-0.25, -0.2) is 9.37 Å². The fraction of sp³-hybridized carbons (Fsp3) is 0.143. The average Bonchev–Trinajstić information content (AvgIpc) is 2.40. The summed E-state index contributed by atoms with van der Waals surface area (Å²) < 4.78 is 20.0. The lowest BCUT2D eigenvalue weighted by Gasteiger charge is -2.13. The molecule has 2 rings (SSSR count). The van der Waals surface area contributed by atoms with Crippen LogP contribution in [0.25, 0.3) is 0 Å². The van der Waals surface area contributed by atoms with E-state index in [1.807, 2.05) is 0 Å². The number of nitrogens with zero attached hydrogens (tertiary/aromatic N) is 2. The van der Waals surface area contributed by atoms with Crippen LogP contribution in [0, 0.1) is 19.7 Å². The van der Waals surface area contributed by atoms with Gasteiger partial charge in [0, 0.05) is 10.2 Å². The molecule has 0 aliphatic carbocycles. The van der Waals surface area contributed by atoms with Gasteiger partial charge in [0.15, 0.2) is 17.4 Å². The van der Waals surface area contributed by atoms with Gasteiger partial charge in [0.25, 0.3) is 0 Å². The molecule has 0 bridgehead atoms. The highest BCUT2D eigenvalue weighted by atomic mass is 79.9. The van der Waals surface area contributed by atoms with Crippen molar-refractivity contribution in [3.63, 3.8) is 0 Å². The summed E-state index contributed by atoms with van der Waals surface area (Å²) in [6.07, 6.45) is 0. The first-order valence-electron chi connectivity index (χ1n) is 6.01. The van der Waals surface area contributed by atoms with E-state index in [4.69, 9.17) is 15.7 Å². The molecule has 0 unspecified atom stereocenters. The van der Waals surface area contributed by atoms with Gasteiger partial charge in [-0.3, -0.25) is 0 Å². The smallest absolute Gasteiger partial charge is 0.231 e. The van der Waals surface area contributed by atoms with E-state index < -0.39 is 5.82 Å². The molecule has 5 nitrogen and oxygen atoms in total. The van der Waals surface area contributed by atoms with Crippen molar-refractivity contribution in [2.24, 2.45) is 10.9 Å². The second-order valence-electron chi connectivity index (χ2n) is 4.42. The molecule has 0 fully saturated rings. The molecule has 110 valence electrons. The number of aromatic nitrogens is 1. The fourth-order valence-electron chi connectivity index (χ4n) is 1.90. The van der Waals surface area contributed by atoms with Crippen molar-refractivity contribution >= 4 is 21.8 Å². The molecule has 0 atom stereocenters. The van der Waals surface area contributed by atoms with Crippen molar-refractivity contribution in [3.05, 3.63) is 51.4 Å². The molecule has 1 aromatic carbocycles. The van der Waals surface area contributed by atoms with Gasteiger partial charge in [-0.1, -0.05) is 21.1 Å². The van der Waals surface area contributed by atoms with Crippen molar-refractivity contribution in [1.29, 1.82) is 0 Å². The van der Waals surface area contributed by atoms with Crippen LogP contribution in [0.5, 0.6) is 11.6 Å². The molecule has 0 aliphatic rings. The van der Waals surface area contributed by atoms with Crippen LogP contribution in [0.2, 0.25) is 0 Å². The first-order chi connectivity index (χ1) is 9.92. The Balaban J connectivity index is 2.53. The molecule has 0 spiro atoms. The van der Waals surface area contributed by atoms with Crippen LogP contribution in [0.15, 0.2) is 33.9 Å². The monoisotopic (exact) mass is 353 g/mol. The van der Waals surface area contributed by atoms with Gasteiger partial charge in [-0.15, -0.1) is 0 Å². The van der Waals surface area contributed by atoms with E-state index in [-0.39, 0.29) is 17.5 Å². The molecule has 0 saturated heterocycles. The molecule has 0 radical (unpaired) electrons. The molecular weight excluding hydrogens is 341 g/mol. The van der Waals surface area contributed by atoms with E-state index in [0.717, 1.165) is 0 Å². The van der Waals surface area contributed by atoms with Gasteiger partial charge in [0.2, 0.25) is 5.88 Å². The molecule has 1 aromatic heterocycles. The lowest BCUT2D eigenvalue weighted by Crippen LogP contribution is -2.17. The zero-order valence-corrected chi connectivity index (χ0v) is 13.0. The maximum atomic E-state index is 13.9. The number of nitrogens with two attached hydrogens (primary N) is 1. The van der Waals surface area contributed by atoms with E-state index >= 15 is 0 Å². The Morgan fingerprint density at radius 1 is 1.38 bits per heavy atom. The molecule has 0 saturated carbocycles. The summed E-state index contributed by atoms with van der Waals surface area (Å²) in [5.74, 6) is -0.602. The average molecular weight is 354 g/mol. The number of halogens is 2. The number of rotatable bonds is 3. The minimum absolute atomic E-state index is 0.00249. The summed E-state index contributed by atoms with van der Waals surface area (Å²) in [6.45, 7) is 3.54.